The third-order valence-electron chi connectivity index (χ3n) is 4.59. The van der Waals surface area contributed by atoms with E-state index in [4.69, 9.17) is 4.74 Å². The van der Waals surface area contributed by atoms with E-state index in [0.29, 0.717) is 17.2 Å². The highest BCUT2D eigenvalue weighted by molar-refractivity contribution is 5.77. The van der Waals surface area contributed by atoms with Gasteiger partial charge in [-0.15, -0.1) is 0 Å². The van der Waals surface area contributed by atoms with Gasteiger partial charge in [-0.1, -0.05) is 30.3 Å². The molecule has 34 heavy (non-hydrogen) atoms. The van der Waals surface area contributed by atoms with Crippen LogP contribution < -0.4 is 15.4 Å². The summed E-state index contributed by atoms with van der Waals surface area (Å²) >= 11 is 0. The number of nitrogens with one attached hydrogen (secondary N) is 2. The van der Waals surface area contributed by atoms with Crippen LogP contribution in [0.2, 0.25) is 0 Å². The molecule has 0 bridgehead atoms. The number of nitro groups is 1. The Labute approximate surface area is 191 Å². The molecular formula is C23H16F3N5O3. The molecule has 0 aliphatic heterocycles. The Kier molecular flexibility index (Phi) is 6.26. The summed E-state index contributed by atoms with van der Waals surface area (Å²) in [4.78, 5) is 18.7. The summed E-state index contributed by atoms with van der Waals surface area (Å²) in [6.07, 6.45) is -3.64. The molecule has 0 atom stereocenters. The van der Waals surface area contributed by atoms with E-state index in [-0.39, 0.29) is 17.3 Å². The normalized spacial score (nSPS) is 11.0. The van der Waals surface area contributed by atoms with Crippen LogP contribution in [0.25, 0.3) is 0 Å². The van der Waals surface area contributed by atoms with Crippen molar-refractivity contribution in [3.05, 3.63) is 101 Å². The fraction of sp³-hybridized carbons (Fsp3) is 0.0435. The van der Waals surface area contributed by atoms with Gasteiger partial charge in [0.25, 0.3) is 0 Å². The van der Waals surface area contributed by atoms with Crippen LogP contribution in [0.1, 0.15) is 5.56 Å². The minimum Gasteiger partial charge on any atom is -0.457 e. The smallest absolute Gasteiger partial charge is 0.418 e. The number of aromatic nitrogens is 2. The number of ether oxygens (including phenoxy) is 1. The van der Waals surface area contributed by atoms with E-state index in [1.807, 2.05) is 18.2 Å². The van der Waals surface area contributed by atoms with Crippen LogP contribution in [0.3, 0.4) is 0 Å². The maximum Gasteiger partial charge on any atom is 0.418 e. The summed E-state index contributed by atoms with van der Waals surface area (Å²) in [6, 6.07) is 20.3. The number of hydrogen-bond acceptors (Lipinski definition) is 7. The first-order valence-corrected chi connectivity index (χ1v) is 9.84. The minimum atomic E-state index is -4.66. The van der Waals surface area contributed by atoms with E-state index < -0.39 is 22.4 Å². The summed E-state index contributed by atoms with van der Waals surface area (Å²) in [5.74, 6) is 0.608. The van der Waals surface area contributed by atoms with Crippen molar-refractivity contribution in [3.63, 3.8) is 0 Å². The number of benzene rings is 3. The molecule has 2 N–H and O–H groups in total. The number of alkyl halides is 3. The Bertz CT molecular complexity index is 1300. The number of rotatable bonds is 7. The molecule has 1 heterocycles. The van der Waals surface area contributed by atoms with E-state index in [1.165, 1.54) is 12.1 Å². The third kappa shape index (κ3) is 5.21. The van der Waals surface area contributed by atoms with Gasteiger partial charge in [0.15, 0.2) is 0 Å². The van der Waals surface area contributed by atoms with Gasteiger partial charge in [0.2, 0.25) is 11.6 Å². The maximum atomic E-state index is 13.3. The highest BCUT2D eigenvalue weighted by atomic mass is 19.4. The van der Waals surface area contributed by atoms with Crippen LogP contribution in [-0.4, -0.2) is 14.9 Å². The van der Waals surface area contributed by atoms with E-state index in [1.54, 1.807) is 36.4 Å². The van der Waals surface area contributed by atoms with Gasteiger partial charge in [-0.2, -0.15) is 13.2 Å². The molecule has 0 spiro atoms. The lowest BCUT2D eigenvalue weighted by molar-refractivity contribution is -0.383. The molecular weight excluding hydrogens is 451 g/mol. The predicted molar refractivity (Wildman–Crippen MR) is 120 cm³/mol. The zero-order chi connectivity index (χ0) is 24.1. The SMILES string of the molecule is O=[N+]([O-])c1c(Nc2ccc(Oc3ccccc3)cc2)ncnc1Nc1ccccc1C(F)(F)F. The molecule has 0 unspecified atom stereocenters. The minimum absolute atomic E-state index is 0.191. The molecule has 0 fully saturated rings. The predicted octanol–water partition coefficient (Wildman–Crippen LogP) is 6.68. The highest BCUT2D eigenvalue weighted by Crippen LogP contribution is 2.38. The maximum absolute atomic E-state index is 13.3. The van der Waals surface area contributed by atoms with Crippen molar-refractivity contribution in [1.29, 1.82) is 0 Å². The molecule has 11 heteroatoms. The Balaban J connectivity index is 1.59. The Hall–Kier alpha value is -4.67. The van der Waals surface area contributed by atoms with Crippen LogP contribution in [-0.2, 0) is 6.18 Å². The molecule has 4 rings (SSSR count). The van der Waals surface area contributed by atoms with Crippen molar-refractivity contribution in [2.45, 2.75) is 6.18 Å². The number of nitrogens with zero attached hydrogens (tertiary/aromatic N) is 3. The first kappa shape index (κ1) is 22.5. The summed E-state index contributed by atoms with van der Waals surface area (Å²) in [7, 11) is 0. The fourth-order valence-corrected chi connectivity index (χ4v) is 3.07. The van der Waals surface area contributed by atoms with Gasteiger partial charge in [0, 0.05) is 5.69 Å². The second-order valence-corrected chi connectivity index (χ2v) is 6.91. The monoisotopic (exact) mass is 467 g/mol. The lowest BCUT2D eigenvalue weighted by Gasteiger charge is -2.14. The Morgan fingerprint density at radius 2 is 1.38 bits per heavy atom. The van der Waals surface area contributed by atoms with E-state index in [0.717, 1.165) is 18.5 Å². The van der Waals surface area contributed by atoms with Crippen molar-refractivity contribution in [2.75, 3.05) is 10.6 Å². The standard InChI is InChI=1S/C23H16F3N5O3/c24-23(25,26)18-8-4-5-9-19(18)30-22-20(31(32)33)21(27-14-28-22)29-15-10-12-17(13-11-15)34-16-6-2-1-3-7-16/h1-14H,(H2,27,28,29,30). The summed E-state index contributed by atoms with van der Waals surface area (Å²) < 4.78 is 45.7. The van der Waals surface area contributed by atoms with Crippen molar-refractivity contribution < 1.29 is 22.8 Å². The summed E-state index contributed by atoms with van der Waals surface area (Å²) in [5, 5.41) is 17.0. The largest absolute Gasteiger partial charge is 0.457 e. The molecule has 1 aromatic heterocycles. The van der Waals surface area contributed by atoms with Gasteiger partial charge in [-0.25, -0.2) is 9.97 Å². The second-order valence-electron chi connectivity index (χ2n) is 6.91. The zero-order valence-corrected chi connectivity index (χ0v) is 17.3. The van der Waals surface area contributed by atoms with Gasteiger partial charge in [0.1, 0.15) is 17.8 Å². The van der Waals surface area contributed by atoms with Gasteiger partial charge < -0.3 is 15.4 Å². The second kappa shape index (κ2) is 9.45. The van der Waals surface area contributed by atoms with Gasteiger partial charge in [-0.05, 0) is 48.5 Å². The fourth-order valence-electron chi connectivity index (χ4n) is 3.07. The molecule has 0 aliphatic rings. The van der Waals surface area contributed by atoms with Crippen molar-refractivity contribution in [3.8, 4) is 11.5 Å². The molecule has 3 aromatic carbocycles. The highest BCUT2D eigenvalue weighted by Gasteiger charge is 2.34. The first-order chi connectivity index (χ1) is 16.3. The number of anilines is 4. The molecule has 0 amide bonds. The third-order valence-corrected chi connectivity index (χ3v) is 4.59. The lowest BCUT2D eigenvalue weighted by Crippen LogP contribution is -2.10. The van der Waals surface area contributed by atoms with Crippen LogP contribution >= 0.6 is 0 Å². The molecule has 0 aliphatic carbocycles. The van der Waals surface area contributed by atoms with Crippen LogP contribution in [0.15, 0.2) is 85.2 Å². The van der Waals surface area contributed by atoms with E-state index in [9.17, 15) is 23.3 Å². The van der Waals surface area contributed by atoms with Gasteiger partial charge in [-0.3, -0.25) is 10.1 Å². The average molecular weight is 467 g/mol. The zero-order valence-electron chi connectivity index (χ0n) is 17.3. The number of para-hydroxylation sites is 2. The molecule has 4 aromatic rings. The number of hydrogen-bond donors (Lipinski definition) is 2. The molecule has 0 saturated heterocycles. The average Bonchev–Trinajstić information content (AvgIpc) is 2.81. The topological polar surface area (TPSA) is 102 Å². The van der Waals surface area contributed by atoms with Gasteiger partial charge >= 0.3 is 11.9 Å². The molecule has 172 valence electrons. The summed E-state index contributed by atoms with van der Waals surface area (Å²) in [5.41, 5.74) is -1.51. The van der Waals surface area contributed by atoms with E-state index >= 15 is 0 Å². The summed E-state index contributed by atoms with van der Waals surface area (Å²) in [6.45, 7) is 0. The van der Waals surface area contributed by atoms with E-state index in [2.05, 4.69) is 20.6 Å². The Morgan fingerprint density at radius 1 is 0.794 bits per heavy atom. The van der Waals surface area contributed by atoms with Crippen LogP contribution in [0.4, 0.5) is 41.9 Å². The van der Waals surface area contributed by atoms with Crippen LogP contribution in [0, 0.1) is 10.1 Å². The molecule has 0 saturated carbocycles. The molecule has 8 nitrogen and oxygen atoms in total. The number of halogens is 3. The van der Waals surface area contributed by atoms with Gasteiger partial charge in [0.05, 0.1) is 16.2 Å². The van der Waals surface area contributed by atoms with Crippen molar-refractivity contribution in [1.82, 2.24) is 9.97 Å². The van der Waals surface area contributed by atoms with Crippen molar-refractivity contribution >= 4 is 28.7 Å². The first-order valence-electron chi connectivity index (χ1n) is 9.84. The van der Waals surface area contributed by atoms with Crippen molar-refractivity contribution in [2.24, 2.45) is 0 Å². The molecule has 0 radical (unpaired) electrons. The Morgan fingerprint density at radius 3 is 2.03 bits per heavy atom. The quantitative estimate of drug-likeness (QED) is 0.231. The lowest BCUT2D eigenvalue weighted by atomic mass is 10.1. The van der Waals surface area contributed by atoms with Crippen LogP contribution in [0.5, 0.6) is 11.5 Å².